The number of hydroxylamine groups is 2. The molecule has 3 fully saturated rings. The van der Waals surface area contributed by atoms with Gasteiger partial charge in [-0.05, 0) is 66.2 Å². The minimum Gasteiger partial charge on any atom is -0.466 e. The minimum absolute atomic E-state index is 0.0261. The lowest BCUT2D eigenvalue weighted by molar-refractivity contribution is -0.243. The van der Waals surface area contributed by atoms with Crippen molar-refractivity contribution in [2.75, 3.05) is 13.2 Å². The average Bonchev–Trinajstić information content (AvgIpc) is 3.17. The molecule has 246 valence electrons. The van der Waals surface area contributed by atoms with E-state index in [4.69, 9.17) is 9.57 Å². The lowest BCUT2D eigenvalue weighted by Crippen LogP contribution is -2.63. The number of piperidine rings is 1. The molecule has 0 aromatic carbocycles. The molecule has 5 heteroatoms. The second-order valence-electron chi connectivity index (χ2n) is 15.9. The van der Waals surface area contributed by atoms with Gasteiger partial charge in [-0.25, -0.2) is 0 Å². The number of nitrogens with one attached hydrogen (secondary N) is 1. The van der Waals surface area contributed by atoms with E-state index in [1.54, 1.807) is 0 Å². The van der Waals surface area contributed by atoms with Crippen LogP contribution in [-0.2, 0) is 14.4 Å². The summed E-state index contributed by atoms with van der Waals surface area (Å²) in [6.45, 7) is 12.8. The Morgan fingerprint density at radius 3 is 1.69 bits per heavy atom. The Balaban J connectivity index is 1.53. The Morgan fingerprint density at radius 2 is 1.17 bits per heavy atom. The third-order valence-corrected chi connectivity index (χ3v) is 10.3. The molecule has 2 spiro atoms. The Bertz CT molecular complexity index is 736. The molecule has 0 unspecified atom stereocenters. The Hall–Kier alpha value is -0.650. The highest BCUT2D eigenvalue weighted by Gasteiger charge is 2.59. The number of rotatable bonds is 14. The molecule has 5 nitrogen and oxygen atoms in total. The molecule has 3 aliphatic rings. The lowest BCUT2D eigenvalue weighted by Gasteiger charge is -2.51. The summed E-state index contributed by atoms with van der Waals surface area (Å²) >= 11 is 0. The van der Waals surface area contributed by atoms with E-state index in [0.717, 1.165) is 25.7 Å². The van der Waals surface area contributed by atoms with Crippen LogP contribution in [0.3, 0.4) is 0 Å². The van der Waals surface area contributed by atoms with E-state index in [-0.39, 0.29) is 28.2 Å². The molecule has 0 aromatic heterocycles. The van der Waals surface area contributed by atoms with Gasteiger partial charge in [0.1, 0.15) is 0 Å². The second-order valence-corrected chi connectivity index (χ2v) is 15.9. The van der Waals surface area contributed by atoms with Crippen LogP contribution < -0.4 is 5.32 Å². The molecular weight excluding hydrogens is 520 g/mol. The third-order valence-electron chi connectivity index (χ3n) is 10.3. The van der Waals surface area contributed by atoms with Crippen LogP contribution in [0.2, 0.25) is 0 Å². The first-order valence-electron chi connectivity index (χ1n) is 18.5. The van der Waals surface area contributed by atoms with E-state index >= 15 is 0 Å². The van der Waals surface area contributed by atoms with E-state index in [1.165, 1.54) is 128 Å². The number of carbonyl (C=O) groups excluding carboxylic acids is 1. The monoisotopic (exact) mass is 591 g/mol. The van der Waals surface area contributed by atoms with Gasteiger partial charge >= 0.3 is 5.97 Å². The summed E-state index contributed by atoms with van der Waals surface area (Å²) < 4.78 is 5.73. The van der Waals surface area contributed by atoms with Crippen LogP contribution in [0.5, 0.6) is 0 Å². The molecule has 1 N–H and O–H groups in total. The van der Waals surface area contributed by atoms with E-state index in [1.807, 2.05) is 0 Å². The van der Waals surface area contributed by atoms with Crippen molar-refractivity contribution in [3.63, 3.8) is 0 Å². The molecule has 42 heavy (non-hydrogen) atoms. The number of hydrogen-bond acceptors (Lipinski definition) is 5. The van der Waals surface area contributed by atoms with Crippen molar-refractivity contribution in [2.45, 2.75) is 217 Å². The third kappa shape index (κ3) is 12.4. The number of unbranched alkanes of at least 4 members (excludes halogenated alkanes) is 9. The summed E-state index contributed by atoms with van der Waals surface area (Å²) in [5.74, 6) is -0.0512. The van der Waals surface area contributed by atoms with Gasteiger partial charge in [0.2, 0.25) is 0 Å². The van der Waals surface area contributed by atoms with Gasteiger partial charge in [-0.2, -0.15) is 5.06 Å². The molecule has 3 rings (SSSR count). The van der Waals surface area contributed by atoms with Gasteiger partial charge in [0.15, 0.2) is 0 Å². The number of ether oxygens (including phenoxy) is 1. The fraction of sp³-hybridized carbons (Fsp3) is 0.973. The van der Waals surface area contributed by atoms with Gasteiger partial charge in [-0.3, -0.25) is 9.63 Å². The first-order valence-corrected chi connectivity index (χ1v) is 18.5. The maximum absolute atomic E-state index is 12.9. The molecule has 0 amide bonds. The van der Waals surface area contributed by atoms with Crippen LogP contribution in [0.15, 0.2) is 0 Å². The van der Waals surface area contributed by atoms with Crippen LogP contribution in [0, 0.1) is 0 Å². The largest absolute Gasteiger partial charge is 0.466 e. The topological polar surface area (TPSA) is 50.8 Å². The number of hydrogen-bond donors (Lipinski definition) is 1. The molecule has 2 saturated heterocycles. The van der Waals surface area contributed by atoms with Gasteiger partial charge in [0.25, 0.3) is 0 Å². The van der Waals surface area contributed by atoms with Gasteiger partial charge in [0.05, 0.1) is 18.6 Å². The van der Waals surface area contributed by atoms with E-state index in [0.29, 0.717) is 19.6 Å². The van der Waals surface area contributed by atoms with Gasteiger partial charge in [-0.1, -0.05) is 122 Å². The summed E-state index contributed by atoms with van der Waals surface area (Å²) in [5, 5.41) is 6.21. The first kappa shape index (κ1) is 35.8. The van der Waals surface area contributed by atoms with E-state index in [2.05, 4.69) is 45.0 Å². The summed E-state index contributed by atoms with van der Waals surface area (Å²) in [5.41, 5.74) is -0.0641. The second kappa shape index (κ2) is 17.7. The van der Waals surface area contributed by atoms with Crippen LogP contribution in [0.25, 0.3) is 0 Å². The Labute approximate surface area is 261 Å². The SMILES string of the molecule is CCCCCCCCCCCCOC(=O)CCN1OC2(CC(C)(C)NC(C)(C)C2)CC12CCCCCCCCCCC2. The van der Waals surface area contributed by atoms with Crippen molar-refractivity contribution in [3.8, 4) is 0 Å². The minimum atomic E-state index is -0.158. The molecule has 0 atom stereocenters. The Kier molecular flexibility index (Phi) is 15.1. The molecule has 2 aliphatic heterocycles. The van der Waals surface area contributed by atoms with Crippen LogP contribution in [0.4, 0.5) is 0 Å². The van der Waals surface area contributed by atoms with Crippen molar-refractivity contribution in [3.05, 3.63) is 0 Å². The fourth-order valence-electron chi connectivity index (χ4n) is 8.94. The Morgan fingerprint density at radius 1 is 0.690 bits per heavy atom. The van der Waals surface area contributed by atoms with Gasteiger partial charge in [-0.15, -0.1) is 0 Å². The van der Waals surface area contributed by atoms with Crippen molar-refractivity contribution in [1.82, 2.24) is 10.4 Å². The van der Waals surface area contributed by atoms with Crippen molar-refractivity contribution >= 4 is 5.97 Å². The smallest absolute Gasteiger partial charge is 0.307 e. The van der Waals surface area contributed by atoms with Crippen LogP contribution in [0.1, 0.15) is 195 Å². The first-order chi connectivity index (χ1) is 20.1. The molecule has 1 aliphatic carbocycles. The number of carbonyl (C=O) groups is 1. The van der Waals surface area contributed by atoms with E-state index < -0.39 is 0 Å². The van der Waals surface area contributed by atoms with E-state index in [9.17, 15) is 4.79 Å². The zero-order valence-corrected chi connectivity index (χ0v) is 28.8. The molecular formula is C37H70N2O3. The number of esters is 1. The highest BCUT2D eigenvalue weighted by molar-refractivity contribution is 5.69. The van der Waals surface area contributed by atoms with Gasteiger partial charge in [0, 0.05) is 23.2 Å². The maximum atomic E-state index is 12.9. The van der Waals surface area contributed by atoms with Crippen LogP contribution >= 0.6 is 0 Å². The highest BCUT2D eigenvalue weighted by Crippen LogP contribution is 2.53. The number of nitrogens with zero attached hydrogens (tertiary/aromatic N) is 1. The normalized spacial score (nSPS) is 24.3. The molecule has 0 radical (unpaired) electrons. The predicted molar refractivity (Wildman–Crippen MR) is 177 cm³/mol. The summed E-state index contributed by atoms with van der Waals surface area (Å²) in [6.07, 6.45) is 31.0. The van der Waals surface area contributed by atoms with Crippen molar-refractivity contribution in [1.29, 1.82) is 0 Å². The highest BCUT2D eigenvalue weighted by atomic mass is 16.7. The van der Waals surface area contributed by atoms with Crippen LogP contribution in [-0.4, -0.2) is 46.4 Å². The molecule has 0 aromatic rings. The molecule has 0 bridgehead atoms. The zero-order valence-electron chi connectivity index (χ0n) is 28.8. The molecule has 2 heterocycles. The summed E-state index contributed by atoms with van der Waals surface area (Å²) in [4.78, 5) is 20.0. The van der Waals surface area contributed by atoms with Crippen molar-refractivity contribution < 1.29 is 14.4 Å². The lowest BCUT2D eigenvalue weighted by atomic mass is 9.67. The average molecular weight is 591 g/mol. The van der Waals surface area contributed by atoms with Crippen molar-refractivity contribution in [2.24, 2.45) is 0 Å². The maximum Gasteiger partial charge on any atom is 0.307 e. The summed E-state index contributed by atoms with van der Waals surface area (Å²) in [6, 6.07) is 0. The quantitative estimate of drug-likeness (QED) is 0.161. The zero-order chi connectivity index (χ0) is 30.4. The standard InChI is InChI=1S/C37H70N2O3/c1-6-7-8-9-10-11-15-18-21-24-29-41-33(40)25-28-39-36(26-22-19-16-13-12-14-17-20-23-27-36)32-37(42-39)30-34(2,3)38-35(4,5)31-37/h38H,6-32H2,1-5H3. The summed E-state index contributed by atoms with van der Waals surface area (Å²) in [7, 11) is 0. The predicted octanol–water partition coefficient (Wildman–Crippen LogP) is 10.2. The fourth-order valence-corrected chi connectivity index (χ4v) is 8.94. The molecule has 1 saturated carbocycles. The van der Waals surface area contributed by atoms with Gasteiger partial charge < -0.3 is 10.1 Å².